The summed E-state index contributed by atoms with van der Waals surface area (Å²) in [6, 6.07) is 10.5. The maximum absolute atomic E-state index is 10.5. The normalized spacial score (nSPS) is 8.94. The summed E-state index contributed by atoms with van der Waals surface area (Å²) in [5, 5.41) is 29.4. The van der Waals surface area contributed by atoms with Crippen LogP contribution in [0.3, 0.4) is 0 Å². The van der Waals surface area contributed by atoms with E-state index < -0.39 is 34.6 Å². The maximum atomic E-state index is 10.5. The Balaban J connectivity index is 0. The fourth-order valence-electron chi connectivity index (χ4n) is 2.34. The summed E-state index contributed by atoms with van der Waals surface area (Å²) in [5.41, 5.74) is 2.80. The van der Waals surface area contributed by atoms with Crippen molar-refractivity contribution in [1.82, 2.24) is 9.97 Å². The molecule has 2 aromatic heterocycles. The standard InChI is InChI=1S/C12H12N2.C9H6O6.2H2O.Zn/c1-9-3-5-13-11(7-9)12-8-10(2)4-6-14-12;10-7(11)4-1-5(8(12)13)3-6(2-4)9(14)15;;;/h3-8H,1-2H3;1-3H,(H,10,11)(H,12,13)(H,14,15);2*1H2;/q;;;;+2. The molecule has 3 aromatic rings. The summed E-state index contributed by atoms with van der Waals surface area (Å²) in [5.74, 6) is -4.73. The van der Waals surface area contributed by atoms with Gasteiger partial charge in [-0.15, -0.1) is 0 Å². The van der Waals surface area contributed by atoms with Crippen LogP contribution in [0.4, 0.5) is 0 Å². The number of pyridine rings is 2. The molecule has 0 fully saturated rings. The van der Waals surface area contributed by atoms with E-state index in [2.05, 4.69) is 23.8 Å². The van der Waals surface area contributed by atoms with E-state index in [-0.39, 0.29) is 30.4 Å². The van der Waals surface area contributed by atoms with Crippen molar-refractivity contribution in [2.75, 3.05) is 0 Å². The number of aryl methyl sites for hydroxylation is 2. The van der Waals surface area contributed by atoms with Crippen LogP contribution in [0.25, 0.3) is 11.4 Å². The van der Waals surface area contributed by atoms with Crippen molar-refractivity contribution in [1.29, 1.82) is 0 Å². The molecule has 164 valence electrons. The molecule has 11 heteroatoms. The maximum Gasteiger partial charge on any atom is 2.00 e. The average molecular weight is 496 g/mol. The van der Waals surface area contributed by atoms with E-state index in [9.17, 15) is 24.6 Å². The number of carboxylic acid groups (broad SMARTS) is 3. The first kappa shape index (κ1) is 30.7. The summed E-state index contributed by atoms with van der Waals surface area (Å²) in [7, 11) is 0. The minimum absolute atomic E-state index is 0. The van der Waals surface area contributed by atoms with Crippen LogP contribution in [-0.2, 0) is 30.4 Å². The Bertz CT molecular complexity index is 966. The van der Waals surface area contributed by atoms with Gasteiger partial charge in [-0.25, -0.2) is 4.79 Å². The van der Waals surface area contributed by atoms with Crippen molar-refractivity contribution in [3.05, 3.63) is 82.7 Å². The van der Waals surface area contributed by atoms with Crippen molar-refractivity contribution in [3.63, 3.8) is 0 Å². The Hall–Kier alpha value is -3.53. The molecule has 0 saturated heterocycles. The predicted molar refractivity (Wildman–Crippen MR) is 109 cm³/mol. The number of aromatic nitrogens is 2. The van der Waals surface area contributed by atoms with E-state index in [0.717, 1.165) is 29.6 Å². The van der Waals surface area contributed by atoms with Crippen LogP contribution < -0.4 is 10.2 Å². The van der Waals surface area contributed by atoms with Gasteiger partial charge >= 0.3 is 25.4 Å². The number of hydrogen-bond acceptors (Lipinski definition) is 7. The fraction of sp³-hybridized carbons (Fsp3) is 0.0952. The second-order valence-electron chi connectivity index (χ2n) is 6.12. The van der Waals surface area contributed by atoms with Gasteiger partial charge in [-0.05, 0) is 78.6 Å². The molecule has 3 rings (SSSR count). The number of carboxylic acids is 3. The number of aromatic carboxylic acids is 3. The van der Waals surface area contributed by atoms with Crippen molar-refractivity contribution in [2.45, 2.75) is 13.8 Å². The van der Waals surface area contributed by atoms with Gasteiger partial charge in [-0.2, -0.15) is 0 Å². The van der Waals surface area contributed by atoms with Crippen molar-refractivity contribution in [3.8, 4) is 11.4 Å². The minimum Gasteiger partial charge on any atom is -0.545 e. The SMILES string of the molecule is Cc1ccnc(-c2cc(C)ccn2)c1.O=C([O-])c1cc(C(=O)[O-])cc(C(=O)O)c1.[OH3+].[OH3+].[Zn+2]. The van der Waals surface area contributed by atoms with Gasteiger partial charge in [0.15, 0.2) is 0 Å². The molecule has 0 atom stereocenters. The third kappa shape index (κ3) is 8.69. The number of rotatable bonds is 4. The van der Waals surface area contributed by atoms with Crippen molar-refractivity contribution in [2.24, 2.45) is 0 Å². The van der Waals surface area contributed by atoms with Gasteiger partial charge in [-0.3, -0.25) is 9.97 Å². The number of nitrogens with zero attached hydrogens (tertiary/aromatic N) is 2. The third-order valence-corrected chi connectivity index (χ3v) is 3.74. The molecule has 1 aromatic carbocycles. The number of carbonyl (C=O) groups is 3. The summed E-state index contributed by atoms with van der Waals surface area (Å²) < 4.78 is 0. The van der Waals surface area contributed by atoms with Gasteiger partial charge in [0.25, 0.3) is 0 Å². The molecule has 0 unspecified atom stereocenters. The van der Waals surface area contributed by atoms with E-state index in [1.54, 1.807) is 0 Å². The molecule has 7 N–H and O–H groups in total. The Kier molecular flexibility index (Phi) is 13.1. The summed E-state index contributed by atoms with van der Waals surface area (Å²) in [6.45, 7) is 4.11. The van der Waals surface area contributed by atoms with Gasteiger partial charge in [0.2, 0.25) is 0 Å². The molecule has 2 heterocycles. The van der Waals surface area contributed by atoms with E-state index in [4.69, 9.17) is 5.11 Å². The second kappa shape index (κ2) is 13.7. The van der Waals surface area contributed by atoms with E-state index >= 15 is 0 Å². The topological polar surface area (TPSA) is 209 Å². The molecule has 0 amide bonds. The largest absolute Gasteiger partial charge is 2.00 e. The van der Waals surface area contributed by atoms with Crippen LogP contribution in [0, 0.1) is 13.8 Å². The zero-order valence-corrected chi connectivity index (χ0v) is 20.4. The summed E-state index contributed by atoms with van der Waals surface area (Å²) >= 11 is 0. The molecular weight excluding hydrogens is 474 g/mol. The first-order chi connectivity index (χ1) is 13.7. The Morgan fingerprint density at radius 2 is 1.06 bits per heavy atom. The van der Waals surface area contributed by atoms with Crippen molar-refractivity contribution < 1.29 is 60.1 Å². The molecule has 0 radical (unpaired) electrons. The molecule has 0 aliphatic heterocycles. The molecule has 0 saturated carbocycles. The molecule has 0 spiro atoms. The van der Waals surface area contributed by atoms with Crippen LogP contribution in [-0.4, -0.2) is 33.0 Å². The Morgan fingerprint density at radius 1 is 0.719 bits per heavy atom. The van der Waals surface area contributed by atoms with Gasteiger partial charge in [0.1, 0.15) is 0 Å². The number of carbonyl (C=O) groups excluding carboxylic acids is 2. The molecule has 32 heavy (non-hydrogen) atoms. The first-order valence-electron chi connectivity index (χ1n) is 8.34. The van der Waals surface area contributed by atoms with Gasteiger partial charge in [-0.1, -0.05) is 0 Å². The summed E-state index contributed by atoms with van der Waals surface area (Å²) in [4.78, 5) is 40.0. The van der Waals surface area contributed by atoms with Crippen LogP contribution >= 0.6 is 0 Å². The predicted octanol–water partition coefficient (Wildman–Crippen LogP) is -0.974. The zero-order chi connectivity index (χ0) is 21.6. The molecule has 10 nitrogen and oxygen atoms in total. The van der Waals surface area contributed by atoms with Crippen LogP contribution in [0.2, 0.25) is 0 Å². The smallest absolute Gasteiger partial charge is 0.545 e. The van der Waals surface area contributed by atoms with Gasteiger partial charge in [0, 0.05) is 12.4 Å². The minimum atomic E-state index is -1.65. The molecular formula is C21H22N2O8Zn+2. The van der Waals surface area contributed by atoms with Crippen molar-refractivity contribution >= 4 is 17.9 Å². The van der Waals surface area contributed by atoms with Gasteiger partial charge in [0.05, 0.1) is 28.9 Å². The first-order valence-corrected chi connectivity index (χ1v) is 8.34. The molecule has 0 bridgehead atoms. The van der Waals surface area contributed by atoms with E-state index in [1.807, 2.05) is 36.7 Å². The Labute approximate surface area is 196 Å². The third-order valence-electron chi connectivity index (χ3n) is 3.74. The monoisotopic (exact) mass is 494 g/mol. The number of benzene rings is 1. The second-order valence-corrected chi connectivity index (χ2v) is 6.12. The Morgan fingerprint density at radius 3 is 1.34 bits per heavy atom. The number of hydrogen-bond donors (Lipinski definition) is 1. The zero-order valence-electron chi connectivity index (χ0n) is 17.4. The van der Waals surface area contributed by atoms with Crippen LogP contribution in [0.5, 0.6) is 0 Å². The average Bonchev–Trinajstić information content (AvgIpc) is 2.68. The molecule has 0 aliphatic carbocycles. The van der Waals surface area contributed by atoms with E-state index in [1.165, 1.54) is 11.1 Å². The van der Waals surface area contributed by atoms with Crippen LogP contribution in [0.1, 0.15) is 42.2 Å². The van der Waals surface area contributed by atoms with Gasteiger partial charge < -0.3 is 35.9 Å². The van der Waals surface area contributed by atoms with E-state index in [0.29, 0.717) is 0 Å². The fourth-order valence-corrected chi connectivity index (χ4v) is 2.34. The molecule has 0 aliphatic rings. The summed E-state index contributed by atoms with van der Waals surface area (Å²) in [6.07, 6.45) is 3.63. The quantitative estimate of drug-likeness (QED) is 0.350. The van der Waals surface area contributed by atoms with Crippen LogP contribution in [0.15, 0.2) is 54.9 Å².